The van der Waals surface area contributed by atoms with Crippen LogP contribution in [0.2, 0.25) is 0 Å². The molecule has 0 aromatic rings. The molecule has 0 heterocycles. The van der Waals surface area contributed by atoms with Crippen molar-refractivity contribution < 1.29 is 38.2 Å². The maximum absolute atomic E-state index is 12.8. The van der Waals surface area contributed by atoms with Crippen molar-refractivity contribution in [1.82, 2.24) is 0 Å². The zero-order valence-electron chi connectivity index (χ0n) is 41.1. The normalized spacial score (nSPS) is 12.9. The first-order valence-electron chi connectivity index (χ1n) is 26.2. The molecule has 0 aromatic heterocycles. The number of unbranched alkanes of at least 4 members (excludes halogenated alkanes) is 32. The van der Waals surface area contributed by atoms with Crippen LogP contribution in [0.4, 0.5) is 0 Å². The minimum absolute atomic E-state index is 0.0468. The lowest BCUT2D eigenvalue weighted by atomic mass is 10.0. The molecule has 2 unspecified atom stereocenters. The van der Waals surface area contributed by atoms with Gasteiger partial charge in [-0.3, -0.25) is 9.59 Å². The topological polar surface area (TPSA) is 99.1 Å². The van der Waals surface area contributed by atoms with Gasteiger partial charge in [-0.05, 0) is 38.5 Å². The highest BCUT2D eigenvalue weighted by atomic mass is 16.6. The van der Waals surface area contributed by atoms with Gasteiger partial charge in [-0.25, -0.2) is 4.79 Å². The number of rotatable bonds is 48. The molecule has 0 aromatic carbocycles. The van der Waals surface area contributed by atoms with Crippen LogP contribution >= 0.6 is 0 Å². The monoisotopic (exact) mass is 865 g/mol. The highest BCUT2D eigenvalue weighted by Crippen LogP contribution is 2.16. The maximum atomic E-state index is 12.8. The molecule has 0 bridgehead atoms. The molecule has 8 nitrogen and oxygen atoms in total. The van der Waals surface area contributed by atoms with E-state index in [9.17, 15) is 19.5 Å². The average Bonchev–Trinajstić information content (AvgIpc) is 3.22. The highest BCUT2D eigenvalue weighted by molar-refractivity contribution is 5.72. The van der Waals surface area contributed by atoms with E-state index in [4.69, 9.17) is 14.2 Å². The Hall–Kier alpha value is -1.93. The first kappa shape index (κ1) is 59.1. The number of carbonyl (C=O) groups is 3. The molecule has 360 valence electrons. The van der Waals surface area contributed by atoms with E-state index in [0.717, 1.165) is 38.5 Å². The summed E-state index contributed by atoms with van der Waals surface area (Å²) < 4.78 is 17.4. The Labute approximate surface area is 378 Å². The number of carboxylic acids is 1. The van der Waals surface area contributed by atoms with E-state index < -0.39 is 18.1 Å². The van der Waals surface area contributed by atoms with Crippen LogP contribution in [0.25, 0.3) is 0 Å². The van der Waals surface area contributed by atoms with Gasteiger partial charge >= 0.3 is 17.9 Å². The molecular weight excluding hydrogens is 763 g/mol. The molecule has 0 aliphatic heterocycles. The second-order valence-electron chi connectivity index (χ2n) is 19.1. The molecule has 0 radical (unpaired) electrons. The number of quaternary nitrogens is 1. The summed E-state index contributed by atoms with van der Waals surface area (Å²) in [6, 6.07) is -0.611. The Balaban J connectivity index is 4.15. The molecule has 8 heteroatoms. The van der Waals surface area contributed by atoms with Crippen LogP contribution in [0, 0.1) is 0 Å². The number of ether oxygens (including phenoxy) is 3. The quantitative estimate of drug-likeness (QED) is 0.0281. The molecule has 0 saturated carbocycles. The molecule has 0 rings (SSSR count). The van der Waals surface area contributed by atoms with Gasteiger partial charge in [-0.15, -0.1) is 0 Å². The second kappa shape index (κ2) is 44.7. The van der Waals surface area contributed by atoms with E-state index in [0.29, 0.717) is 19.3 Å². The van der Waals surface area contributed by atoms with Gasteiger partial charge in [0.15, 0.2) is 12.1 Å². The van der Waals surface area contributed by atoms with Crippen LogP contribution < -0.4 is 0 Å². The zero-order valence-corrected chi connectivity index (χ0v) is 41.1. The average molecular weight is 865 g/mol. The molecule has 0 spiro atoms. The number of nitrogens with zero attached hydrogens (tertiary/aromatic N) is 1. The van der Waals surface area contributed by atoms with Gasteiger partial charge in [0.1, 0.15) is 6.61 Å². The molecule has 0 aliphatic rings. The lowest BCUT2D eigenvalue weighted by Crippen LogP contribution is -2.50. The summed E-state index contributed by atoms with van der Waals surface area (Å²) in [6.07, 6.45) is 49.8. The largest absolute Gasteiger partial charge is 0.477 e. The fourth-order valence-electron chi connectivity index (χ4n) is 8.09. The number of esters is 2. The molecule has 0 fully saturated rings. The molecule has 0 amide bonds. The van der Waals surface area contributed by atoms with Gasteiger partial charge < -0.3 is 23.8 Å². The highest BCUT2D eigenvalue weighted by Gasteiger charge is 2.31. The first-order valence-corrected chi connectivity index (χ1v) is 26.2. The molecular formula is C53H102NO7+. The van der Waals surface area contributed by atoms with Gasteiger partial charge in [-0.2, -0.15) is 0 Å². The third-order valence-corrected chi connectivity index (χ3v) is 12.2. The predicted octanol–water partition coefficient (Wildman–Crippen LogP) is 15.0. The Kier molecular flexibility index (Phi) is 43.3. The molecule has 0 saturated heterocycles. The van der Waals surface area contributed by atoms with Gasteiger partial charge in [-0.1, -0.05) is 212 Å². The van der Waals surface area contributed by atoms with Crippen molar-refractivity contribution in [3.05, 3.63) is 12.2 Å². The summed E-state index contributed by atoms with van der Waals surface area (Å²) in [5.41, 5.74) is 0. The van der Waals surface area contributed by atoms with Crippen LogP contribution in [0.3, 0.4) is 0 Å². The zero-order chi connectivity index (χ0) is 44.9. The van der Waals surface area contributed by atoms with E-state index in [1.165, 1.54) is 186 Å². The van der Waals surface area contributed by atoms with E-state index in [1.807, 2.05) is 21.1 Å². The van der Waals surface area contributed by atoms with Crippen molar-refractivity contribution in [2.75, 3.05) is 41.0 Å². The Bertz CT molecular complexity index is 1010. The number of carboxylic acid groups (broad SMARTS) is 1. The number of allylic oxidation sites excluding steroid dienone is 2. The van der Waals surface area contributed by atoms with E-state index in [1.54, 1.807) is 0 Å². The van der Waals surface area contributed by atoms with Crippen molar-refractivity contribution in [3.8, 4) is 0 Å². The van der Waals surface area contributed by atoms with Crippen LogP contribution in [-0.2, 0) is 28.6 Å². The number of hydrogen-bond acceptors (Lipinski definition) is 6. The summed E-state index contributed by atoms with van der Waals surface area (Å²) >= 11 is 0. The third kappa shape index (κ3) is 43.1. The van der Waals surface area contributed by atoms with Crippen LogP contribution in [0.5, 0.6) is 0 Å². The SMILES string of the molecule is CCCCCCCCCCCCCC/C=C/CCCCCCCCCC(=O)OCC(COCCC(C(=O)O)[N+](C)(C)C)OC(=O)CCCCCCCCCCCCCCCC. The number of likely N-dealkylation sites (N-methyl/N-ethyl adjacent to an activating group) is 1. The van der Waals surface area contributed by atoms with Gasteiger partial charge in [0.2, 0.25) is 0 Å². The van der Waals surface area contributed by atoms with Crippen LogP contribution in [0.1, 0.15) is 258 Å². The van der Waals surface area contributed by atoms with Crippen molar-refractivity contribution in [2.45, 2.75) is 270 Å². The lowest BCUT2D eigenvalue weighted by molar-refractivity contribution is -0.887. The predicted molar refractivity (Wildman–Crippen MR) is 257 cm³/mol. The van der Waals surface area contributed by atoms with Gasteiger partial charge in [0, 0.05) is 19.3 Å². The molecule has 0 aliphatic carbocycles. The first-order chi connectivity index (χ1) is 29.6. The Morgan fingerprint density at radius 3 is 1.18 bits per heavy atom. The van der Waals surface area contributed by atoms with Crippen molar-refractivity contribution in [2.24, 2.45) is 0 Å². The Morgan fingerprint density at radius 2 is 0.820 bits per heavy atom. The van der Waals surface area contributed by atoms with Gasteiger partial charge in [0.05, 0.1) is 34.4 Å². The van der Waals surface area contributed by atoms with Crippen LogP contribution in [-0.4, -0.2) is 80.6 Å². The smallest absolute Gasteiger partial charge is 0.362 e. The standard InChI is InChI=1S/C53H101NO7/c1-6-8-10-12-14-16-18-20-22-23-24-25-26-27-28-29-30-32-33-35-37-39-41-43-51(55)60-48-49(47-59-46-45-50(53(57)58)54(3,4)5)61-52(56)44-42-40-38-36-34-31-21-19-17-15-13-11-9-7-2/h27-28,49-50H,6-26,29-48H2,1-5H3/p+1/b28-27+. The molecule has 2 atom stereocenters. The van der Waals surface area contributed by atoms with Crippen molar-refractivity contribution in [1.29, 1.82) is 0 Å². The van der Waals surface area contributed by atoms with Crippen molar-refractivity contribution >= 4 is 17.9 Å². The fourth-order valence-corrected chi connectivity index (χ4v) is 8.09. The summed E-state index contributed by atoms with van der Waals surface area (Å²) in [5, 5.41) is 9.65. The minimum atomic E-state index is -0.871. The number of aliphatic carboxylic acids is 1. The van der Waals surface area contributed by atoms with Crippen LogP contribution in [0.15, 0.2) is 12.2 Å². The number of carbonyl (C=O) groups excluding carboxylic acids is 2. The van der Waals surface area contributed by atoms with E-state index >= 15 is 0 Å². The summed E-state index contributed by atoms with van der Waals surface area (Å²) in [4.78, 5) is 37.1. The van der Waals surface area contributed by atoms with E-state index in [2.05, 4.69) is 26.0 Å². The third-order valence-electron chi connectivity index (χ3n) is 12.2. The fraction of sp³-hybridized carbons (Fsp3) is 0.906. The minimum Gasteiger partial charge on any atom is -0.477 e. The second-order valence-corrected chi connectivity index (χ2v) is 19.1. The summed E-state index contributed by atoms with van der Waals surface area (Å²) in [6.45, 7) is 4.78. The summed E-state index contributed by atoms with van der Waals surface area (Å²) in [5.74, 6) is -1.45. The lowest BCUT2D eigenvalue weighted by Gasteiger charge is -2.31. The molecule has 1 N–H and O–H groups in total. The van der Waals surface area contributed by atoms with E-state index in [-0.39, 0.29) is 36.2 Å². The Morgan fingerprint density at radius 1 is 0.475 bits per heavy atom. The van der Waals surface area contributed by atoms with Crippen molar-refractivity contribution in [3.63, 3.8) is 0 Å². The number of hydrogen-bond donors (Lipinski definition) is 1. The molecule has 61 heavy (non-hydrogen) atoms. The maximum Gasteiger partial charge on any atom is 0.362 e. The summed E-state index contributed by atoms with van der Waals surface area (Å²) in [7, 11) is 5.54. The van der Waals surface area contributed by atoms with Gasteiger partial charge in [0.25, 0.3) is 0 Å².